The van der Waals surface area contributed by atoms with Crippen LogP contribution in [0.3, 0.4) is 0 Å². The Balaban J connectivity index is 0.00000182. The fraction of sp³-hybridized carbons (Fsp3) is 1.00. The lowest BCUT2D eigenvalue weighted by Gasteiger charge is -2.44. The van der Waals surface area contributed by atoms with Crippen LogP contribution in [0.5, 0.6) is 0 Å². The molecule has 0 bridgehead atoms. The summed E-state index contributed by atoms with van der Waals surface area (Å²) in [5.74, 6) is 0. The summed E-state index contributed by atoms with van der Waals surface area (Å²) < 4.78 is 2.82. The monoisotopic (exact) mass is 435 g/mol. The lowest BCUT2D eigenvalue weighted by atomic mass is 10.2. The average Bonchev–Trinajstić information content (AvgIpc) is 3.23. The van der Waals surface area contributed by atoms with E-state index in [0.717, 1.165) is 13.1 Å². The van der Waals surface area contributed by atoms with E-state index in [9.17, 15) is 0 Å². The molecule has 0 amide bonds. The largest absolute Gasteiger partial charge is 1.00 e. The van der Waals surface area contributed by atoms with Gasteiger partial charge >= 0.3 is 0 Å². The Morgan fingerprint density at radius 1 is 0.600 bits per heavy atom. The highest BCUT2D eigenvalue weighted by molar-refractivity contribution is 6.21. The maximum absolute atomic E-state index is 6.76. The van der Waals surface area contributed by atoms with Crippen LogP contribution in [0.15, 0.2) is 0 Å². The molecule has 0 aliphatic carbocycles. The van der Waals surface area contributed by atoms with E-state index in [-0.39, 0.29) is 17.0 Å². The van der Waals surface area contributed by atoms with Crippen LogP contribution in [0.1, 0.15) is 25.7 Å². The van der Waals surface area contributed by atoms with Crippen molar-refractivity contribution in [2.24, 2.45) is 0 Å². The molecule has 4 nitrogen and oxygen atoms in total. The number of alkyl halides is 1. The summed E-state index contributed by atoms with van der Waals surface area (Å²) in [5, 5.41) is 0.306. The number of piperazine rings is 2. The molecule has 6 heteroatoms. The minimum Gasteiger partial charge on any atom is -1.00 e. The predicted molar refractivity (Wildman–Crippen MR) is 100 cm³/mol. The van der Waals surface area contributed by atoms with E-state index in [1.54, 1.807) is 0 Å². The van der Waals surface area contributed by atoms with Gasteiger partial charge in [-0.25, -0.2) is 0 Å². The molecule has 0 radical (unpaired) electrons. The summed E-state index contributed by atoms with van der Waals surface area (Å²) in [6.07, 6.45) is 5.81. The van der Waals surface area contributed by atoms with E-state index in [1.807, 2.05) is 0 Å². The minimum absolute atomic E-state index is 0. The van der Waals surface area contributed by atoms with E-state index >= 15 is 0 Å². The topological polar surface area (TPSA) is 6.48 Å². The van der Waals surface area contributed by atoms with Gasteiger partial charge in [0.15, 0.2) is 0 Å². The van der Waals surface area contributed by atoms with Gasteiger partial charge in [-0.05, 0) is 0 Å². The van der Waals surface area contributed by atoms with Gasteiger partial charge < -0.3 is 25.9 Å². The highest BCUT2D eigenvalue weighted by atomic mass is 79.9. The zero-order valence-electron chi connectivity index (χ0n) is 15.9. The Morgan fingerprint density at radius 2 is 0.920 bits per heavy atom. The van der Waals surface area contributed by atoms with Crippen LogP contribution in [0.25, 0.3) is 0 Å². The maximum atomic E-state index is 6.76. The molecule has 4 fully saturated rings. The van der Waals surface area contributed by atoms with Crippen LogP contribution in [0.4, 0.5) is 0 Å². The molecule has 0 aromatic heterocycles. The molecule has 0 saturated carbocycles. The summed E-state index contributed by atoms with van der Waals surface area (Å²) in [5.41, 5.74) is 0. The van der Waals surface area contributed by atoms with Crippen molar-refractivity contribution in [1.29, 1.82) is 0 Å². The van der Waals surface area contributed by atoms with Gasteiger partial charge in [-0.15, -0.1) is 11.6 Å². The summed E-state index contributed by atoms with van der Waals surface area (Å²) in [7, 11) is 0. The predicted octanol–water partition coefficient (Wildman–Crippen LogP) is -1.55. The Labute approximate surface area is 170 Å². The fourth-order valence-electron chi connectivity index (χ4n) is 5.75. The average molecular weight is 437 g/mol. The van der Waals surface area contributed by atoms with E-state index < -0.39 is 0 Å². The number of halogens is 2. The van der Waals surface area contributed by atoms with Crippen LogP contribution in [-0.4, -0.2) is 116 Å². The van der Waals surface area contributed by atoms with E-state index in [0.29, 0.717) is 5.38 Å². The second-order valence-electron chi connectivity index (χ2n) is 9.08. The normalized spacial score (nSPS) is 29.5. The van der Waals surface area contributed by atoms with Crippen LogP contribution in [0.2, 0.25) is 0 Å². The zero-order valence-corrected chi connectivity index (χ0v) is 18.2. The van der Waals surface area contributed by atoms with Crippen molar-refractivity contribution in [3.8, 4) is 0 Å². The lowest BCUT2D eigenvalue weighted by Crippen LogP contribution is -3.00. The van der Waals surface area contributed by atoms with Gasteiger partial charge in [-0.3, -0.25) is 9.80 Å². The number of hydrogen-bond acceptors (Lipinski definition) is 2. The zero-order chi connectivity index (χ0) is 16.5. The van der Waals surface area contributed by atoms with E-state index in [2.05, 4.69) is 9.80 Å². The van der Waals surface area contributed by atoms with Crippen LogP contribution in [0, 0.1) is 0 Å². The first-order valence-electron chi connectivity index (χ1n) is 10.5. The smallest absolute Gasteiger partial charge is 0.0916 e. The first-order chi connectivity index (χ1) is 11.7. The summed E-state index contributed by atoms with van der Waals surface area (Å²) >= 11 is 6.76. The molecule has 4 aliphatic heterocycles. The second-order valence-corrected chi connectivity index (χ2v) is 9.70. The summed E-state index contributed by atoms with van der Waals surface area (Å²) in [6, 6.07) is 0. The van der Waals surface area contributed by atoms with Gasteiger partial charge in [0.1, 0.15) is 0 Å². The molecule has 146 valence electrons. The van der Waals surface area contributed by atoms with Crippen LogP contribution in [-0.2, 0) is 0 Å². The Hall–Kier alpha value is 0.610. The van der Waals surface area contributed by atoms with Gasteiger partial charge in [0, 0.05) is 65.0 Å². The minimum atomic E-state index is 0. The molecule has 0 N–H and O–H groups in total. The van der Waals surface area contributed by atoms with Crippen LogP contribution >= 0.6 is 11.6 Å². The van der Waals surface area contributed by atoms with Crippen molar-refractivity contribution in [3.63, 3.8) is 0 Å². The van der Waals surface area contributed by atoms with Crippen molar-refractivity contribution in [2.75, 3.05) is 91.6 Å². The SMILES string of the molecule is ClC(CN1CC[N+]2(CCCC2)CC1)CN1CC[N+]2(CCCC2)CC1.[Br-]. The first kappa shape index (κ1) is 20.3. The number of quaternary nitrogens is 2. The maximum Gasteiger partial charge on any atom is 0.0916 e. The van der Waals surface area contributed by atoms with Gasteiger partial charge in [-0.1, -0.05) is 0 Å². The molecule has 25 heavy (non-hydrogen) atoms. The van der Waals surface area contributed by atoms with Gasteiger partial charge in [-0.2, -0.15) is 0 Å². The van der Waals surface area contributed by atoms with Gasteiger partial charge in [0.05, 0.1) is 57.7 Å². The number of nitrogens with zero attached hydrogens (tertiary/aromatic N) is 4. The van der Waals surface area contributed by atoms with Crippen molar-refractivity contribution in [1.82, 2.24) is 9.80 Å². The third kappa shape index (κ3) is 4.91. The lowest BCUT2D eigenvalue weighted by molar-refractivity contribution is -0.920. The quantitative estimate of drug-likeness (QED) is 0.389. The molecule has 0 atom stereocenters. The molecular weight excluding hydrogens is 400 g/mol. The van der Waals surface area contributed by atoms with Crippen molar-refractivity contribution in [2.45, 2.75) is 31.1 Å². The Morgan fingerprint density at radius 3 is 1.24 bits per heavy atom. The van der Waals surface area contributed by atoms with Gasteiger partial charge in [0.2, 0.25) is 0 Å². The van der Waals surface area contributed by atoms with E-state index in [1.165, 1.54) is 113 Å². The number of rotatable bonds is 4. The van der Waals surface area contributed by atoms with Crippen molar-refractivity contribution < 1.29 is 25.9 Å². The second kappa shape index (κ2) is 8.74. The highest BCUT2D eigenvalue weighted by Gasteiger charge is 2.37. The Bertz CT molecular complexity index is 366. The molecule has 0 unspecified atom stereocenters. The third-order valence-corrected chi connectivity index (χ3v) is 7.78. The standard InChI is InChI=1S/C19H37ClN4.BrH/c20-19(17-21-5-13-23(14-6-21)9-1-2-10-23)18-22-7-15-24(16-8-22)11-3-4-12-24;/h19H,1-18H2;1H/q+2;/p-1. The molecule has 2 spiro atoms. The molecule has 4 aliphatic rings. The van der Waals surface area contributed by atoms with Crippen LogP contribution < -0.4 is 17.0 Å². The first-order valence-corrected chi connectivity index (χ1v) is 10.9. The van der Waals surface area contributed by atoms with Crippen molar-refractivity contribution in [3.05, 3.63) is 0 Å². The molecular formula is C19H37BrClN4+. The highest BCUT2D eigenvalue weighted by Crippen LogP contribution is 2.24. The number of hydrogen-bond donors (Lipinski definition) is 0. The molecule has 4 heterocycles. The molecule has 4 rings (SSSR count). The molecule has 4 saturated heterocycles. The van der Waals surface area contributed by atoms with E-state index in [4.69, 9.17) is 11.6 Å². The third-order valence-electron chi connectivity index (χ3n) is 7.50. The Kier molecular flexibility index (Phi) is 7.12. The fourth-order valence-corrected chi connectivity index (χ4v) is 6.14. The molecule has 0 aromatic rings. The van der Waals surface area contributed by atoms with Gasteiger partial charge in [0.25, 0.3) is 0 Å². The summed E-state index contributed by atoms with van der Waals surface area (Å²) in [4.78, 5) is 5.27. The van der Waals surface area contributed by atoms with Crippen molar-refractivity contribution >= 4 is 11.6 Å². The molecule has 0 aromatic carbocycles. The summed E-state index contributed by atoms with van der Waals surface area (Å²) in [6.45, 7) is 18.5.